The molecule has 0 radical (unpaired) electrons. The lowest BCUT2D eigenvalue weighted by Crippen LogP contribution is -2.04. The third-order valence-corrected chi connectivity index (χ3v) is 3.31. The molecule has 0 bridgehead atoms. The van der Waals surface area contributed by atoms with Crippen LogP contribution in [0.1, 0.15) is 16.7 Å². The molecule has 2 aromatic carbocycles. The van der Waals surface area contributed by atoms with Crippen molar-refractivity contribution in [1.82, 2.24) is 0 Å². The van der Waals surface area contributed by atoms with E-state index in [2.05, 4.69) is 6.07 Å². The van der Waals surface area contributed by atoms with Crippen molar-refractivity contribution >= 4 is 23.2 Å². The van der Waals surface area contributed by atoms with Crippen LogP contribution >= 0.6 is 23.2 Å². The van der Waals surface area contributed by atoms with Crippen molar-refractivity contribution < 1.29 is 4.74 Å². The minimum atomic E-state index is 0.248. The van der Waals surface area contributed by atoms with Gasteiger partial charge in [-0.15, -0.1) is 0 Å². The lowest BCUT2D eigenvalue weighted by molar-refractivity contribution is 0.303. The van der Waals surface area contributed by atoms with Crippen LogP contribution in [0.2, 0.25) is 10.0 Å². The van der Waals surface area contributed by atoms with Crippen molar-refractivity contribution in [3.05, 3.63) is 63.1 Å². The SMILES string of the molecule is N#Cc1ccccc1COc1c(Cl)cc(Cl)cc1CN. The largest absolute Gasteiger partial charge is 0.487 e. The van der Waals surface area contributed by atoms with Crippen molar-refractivity contribution in [2.75, 3.05) is 0 Å². The summed E-state index contributed by atoms with van der Waals surface area (Å²) in [7, 11) is 0. The normalized spacial score (nSPS) is 10.1. The summed E-state index contributed by atoms with van der Waals surface area (Å²) in [5.74, 6) is 0.506. The summed E-state index contributed by atoms with van der Waals surface area (Å²) in [5, 5.41) is 9.96. The summed E-state index contributed by atoms with van der Waals surface area (Å²) in [6.45, 7) is 0.521. The quantitative estimate of drug-likeness (QED) is 0.932. The molecule has 0 aliphatic rings. The molecule has 0 aromatic heterocycles. The first-order valence-corrected chi connectivity index (χ1v) is 6.70. The molecule has 0 unspecified atom stereocenters. The van der Waals surface area contributed by atoms with Crippen molar-refractivity contribution in [1.29, 1.82) is 5.26 Å². The van der Waals surface area contributed by atoms with Crippen molar-refractivity contribution in [2.45, 2.75) is 13.2 Å². The molecule has 5 heteroatoms. The third-order valence-electron chi connectivity index (χ3n) is 2.82. The van der Waals surface area contributed by atoms with Crippen LogP contribution in [0.25, 0.3) is 0 Å². The van der Waals surface area contributed by atoms with E-state index in [-0.39, 0.29) is 13.2 Å². The van der Waals surface area contributed by atoms with Crippen LogP contribution in [0.15, 0.2) is 36.4 Å². The molecule has 0 atom stereocenters. The number of halogens is 2. The Morgan fingerprint density at radius 1 is 1.15 bits per heavy atom. The van der Waals surface area contributed by atoms with Gasteiger partial charge in [0.15, 0.2) is 0 Å². The van der Waals surface area contributed by atoms with E-state index in [1.165, 1.54) is 0 Å². The van der Waals surface area contributed by atoms with Gasteiger partial charge in [-0.1, -0.05) is 41.4 Å². The van der Waals surface area contributed by atoms with E-state index < -0.39 is 0 Å². The fourth-order valence-electron chi connectivity index (χ4n) is 1.83. The highest BCUT2D eigenvalue weighted by Gasteiger charge is 2.11. The summed E-state index contributed by atoms with van der Waals surface area (Å²) in [6, 6.07) is 12.7. The summed E-state index contributed by atoms with van der Waals surface area (Å²) >= 11 is 12.1. The second kappa shape index (κ2) is 6.62. The monoisotopic (exact) mass is 306 g/mol. The molecule has 0 amide bonds. The fraction of sp³-hybridized carbons (Fsp3) is 0.133. The Kier molecular flexibility index (Phi) is 4.86. The number of ether oxygens (including phenoxy) is 1. The highest BCUT2D eigenvalue weighted by molar-refractivity contribution is 6.35. The summed E-state index contributed by atoms with van der Waals surface area (Å²) in [5.41, 5.74) is 7.77. The van der Waals surface area contributed by atoms with Crippen LogP contribution in [0.3, 0.4) is 0 Å². The van der Waals surface area contributed by atoms with Gasteiger partial charge in [0.1, 0.15) is 12.4 Å². The first-order valence-electron chi connectivity index (χ1n) is 5.94. The number of hydrogen-bond acceptors (Lipinski definition) is 3. The average molecular weight is 307 g/mol. The van der Waals surface area contributed by atoms with Gasteiger partial charge in [-0.25, -0.2) is 0 Å². The Hall–Kier alpha value is -1.73. The molecule has 0 spiro atoms. The van der Waals surface area contributed by atoms with E-state index in [9.17, 15) is 0 Å². The van der Waals surface area contributed by atoms with Gasteiger partial charge in [-0.05, 0) is 18.2 Å². The maximum absolute atomic E-state index is 9.04. The lowest BCUT2D eigenvalue weighted by Gasteiger charge is -2.13. The van der Waals surface area contributed by atoms with Crippen LogP contribution in [-0.4, -0.2) is 0 Å². The second-order valence-electron chi connectivity index (χ2n) is 4.14. The van der Waals surface area contributed by atoms with Crippen LogP contribution in [-0.2, 0) is 13.2 Å². The van der Waals surface area contributed by atoms with Crippen LogP contribution in [0, 0.1) is 11.3 Å². The highest BCUT2D eigenvalue weighted by atomic mass is 35.5. The third kappa shape index (κ3) is 3.23. The lowest BCUT2D eigenvalue weighted by atomic mass is 10.1. The predicted molar refractivity (Wildman–Crippen MR) is 79.8 cm³/mol. The number of nitriles is 1. The predicted octanol–water partition coefficient (Wildman–Crippen LogP) is 3.90. The van der Waals surface area contributed by atoms with Gasteiger partial charge in [0.05, 0.1) is 16.7 Å². The molecule has 0 aliphatic heterocycles. The molecular weight excluding hydrogens is 295 g/mol. The maximum Gasteiger partial charge on any atom is 0.142 e. The summed E-state index contributed by atoms with van der Waals surface area (Å²) in [4.78, 5) is 0. The summed E-state index contributed by atoms with van der Waals surface area (Å²) in [6.07, 6.45) is 0. The van der Waals surface area contributed by atoms with E-state index >= 15 is 0 Å². The van der Waals surface area contributed by atoms with E-state index in [1.54, 1.807) is 18.2 Å². The number of nitrogens with two attached hydrogens (primary N) is 1. The Bertz CT molecular complexity index is 665. The number of nitrogens with zero attached hydrogens (tertiary/aromatic N) is 1. The van der Waals surface area contributed by atoms with E-state index in [0.717, 1.165) is 11.1 Å². The Morgan fingerprint density at radius 3 is 2.60 bits per heavy atom. The first kappa shape index (κ1) is 14.7. The molecule has 0 heterocycles. The van der Waals surface area contributed by atoms with Crippen molar-refractivity contribution in [3.63, 3.8) is 0 Å². The average Bonchev–Trinajstić information content (AvgIpc) is 2.45. The van der Waals surface area contributed by atoms with Crippen LogP contribution < -0.4 is 10.5 Å². The zero-order chi connectivity index (χ0) is 14.5. The fourth-order valence-corrected chi connectivity index (χ4v) is 2.42. The maximum atomic E-state index is 9.04. The Balaban J connectivity index is 2.25. The summed E-state index contributed by atoms with van der Waals surface area (Å²) < 4.78 is 5.72. The minimum Gasteiger partial charge on any atom is -0.487 e. The molecule has 0 saturated carbocycles. The van der Waals surface area contributed by atoms with Gasteiger partial charge >= 0.3 is 0 Å². The van der Waals surface area contributed by atoms with Crippen LogP contribution in [0.5, 0.6) is 5.75 Å². The molecule has 2 N–H and O–H groups in total. The van der Waals surface area contributed by atoms with Crippen molar-refractivity contribution in [2.24, 2.45) is 5.73 Å². The zero-order valence-electron chi connectivity index (χ0n) is 10.6. The first-order chi connectivity index (χ1) is 9.65. The van der Waals surface area contributed by atoms with Crippen molar-refractivity contribution in [3.8, 4) is 11.8 Å². The van der Waals surface area contributed by atoms with Gasteiger partial charge in [0.2, 0.25) is 0 Å². The van der Waals surface area contributed by atoms with E-state index in [1.807, 2.05) is 18.2 Å². The number of hydrogen-bond donors (Lipinski definition) is 1. The minimum absolute atomic E-state index is 0.248. The van der Waals surface area contributed by atoms with Crippen LogP contribution in [0.4, 0.5) is 0 Å². The highest BCUT2D eigenvalue weighted by Crippen LogP contribution is 2.33. The zero-order valence-corrected chi connectivity index (χ0v) is 12.1. The van der Waals surface area contributed by atoms with Gasteiger partial charge < -0.3 is 10.5 Å². The Labute approximate surface area is 127 Å². The molecule has 0 fully saturated rings. The second-order valence-corrected chi connectivity index (χ2v) is 4.98. The smallest absolute Gasteiger partial charge is 0.142 e. The topological polar surface area (TPSA) is 59.0 Å². The standard InChI is InChI=1S/C15H12Cl2N2O/c16-13-5-12(8-19)15(14(17)6-13)20-9-11-4-2-1-3-10(11)7-18/h1-6H,8-9,19H2. The van der Waals surface area contributed by atoms with E-state index in [4.69, 9.17) is 38.9 Å². The molecule has 0 saturated heterocycles. The molecule has 2 rings (SSSR count). The molecule has 0 aliphatic carbocycles. The molecule has 3 nitrogen and oxygen atoms in total. The van der Waals surface area contributed by atoms with Gasteiger partial charge in [0, 0.05) is 22.7 Å². The van der Waals surface area contributed by atoms with E-state index in [0.29, 0.717) is 21.4 Å². The molecular formula is C15H12Cl2N2O. The number of rotatable bonds is 4. The van der Waals surface area contributed by atoms with Gasteiger partial charge in [-0.3, -0.25) is 0 Å². The van der Waals surface area contributed by atoms with Gasteiger partial charge in [0.25, 0.3) is 0 Å². The molecule has 2 aromatic rings. The molecule has 102 valence electrons. The molecule has 20 heavy (non-hydrogen) atoms. The number of benzene rings is 2. The Morgan fingerprint density at radius 2 is 1.90 bits per heavy atom. The van der Waals surface area contributed by atoms with Gasteiger partial charge in [-0.2, -0.15) is 5.26 Å².